The van der Waals surface area contributed by atoms with Gasteiger partial charge in [-0.3, -0.25) is 0 Å². The van der Waals surface area contributed by atoms with Crippen LogP contribution in [0.4, 0.5) is 8.78 Å². The van der Waals surface area contributed by atoms with E-state index in [0.29, 0.717) is 0 Å². The van der Waals surface area contributed by atoms with E-state index in [9.17, 15) is 17.2 Å². The average molecular weight is 271 g/mol. The van der Waals surface area contributed by atoms with Crippen LogP contribution in [0.2, 0.25) is 0 Å². The summed E-state index contributed by atoms with van der Waals surface area (Å²) in [6, 6.07) is 3.51. The highest BCUT2D eigenvalue weighted by Crippen LogP contribution is 2.28. The zero-order chi connectivity index (χ0) is 12.3. The van der Waals surface area contributed by atoms with Crippen molar-refractivity contribution in [3.05, 3.63) is 29.3 Å². The number of alkyl halides is 2. The molecule has 0 heterocycles. The fourth-order valence-electron chi connectivity index (χ4n) is 1.20. The van der Waals surface area contributed by atoms with E-state index < -0.39 is 21.2 Å². The monoisotopic (exact) mass is 270 g/mol. The normalized spacial score (nSPS) is 11.8. The van der Waals surface area contributed by atoms with Crippen LogP contribution in [-0.2, 0) is 14.8 Å². The van der Waals surface area contributed by atoms with E-state index in [0.717, 1.165) is 12.1 Å². The molecule has 90 valence electrons. The second-order valence-corrected chi connectivity index (χ2v) is 5.83. The lowest BCUT2D eigenvalue weighted by atomic mass is 10.1. The van der Waals surface area contributed by atoms with E-state index in [1.807, 2.05) is 0 Å². The molecule has 3 nitrogen and oxygen atoms in total. The summed E-state index contributed by atoms with van der Waals surface area (Å²) in [5.74, 6) is -0.372. The van der Waals surface area contributed by atoms with Crippen LogP contribution in [-0.4, -0.2) is 15.5 Å². The highest BCUT2D eigenvalue weighted by molar-refractivity contribution is 8.13. The maximum atomic E-state index is 12.4. The summed E-state index contributed by atoms with van der Waals surface area (Å²) in [5.41, 5.74) is 0.0227. The fourth-order valence-corrected chi connectivity index (χ4v) is 2.16. The van der Waals surface area contributed by atoms with Gasteiger partial charge in [-0.25, -0.2) is 17.2 Å². The largest absolute Gasteiger partial charge is 0.496 e. The smallest absolute Gasteiger partial charge is 0.263 e. The molecule has 0 aliphatic heterocycles. The highest BCUT2D eigenvalue weighted by atomic mass is 35.7. The summed E-state index contributed by atoms with van der Waals surface area (Å²) in [6.07, 6.45) is -2.63. The maximum Gasteiger partial charge on any atom is 0.263 e. The summed E-state index contributed by atoms with van der Waals surface area (Å²) in [5, 5.41) is 0. The Labute approximate surface area is 96.4 Å². The van der Waals surface area contributed by atoms with Gasteiger partial charge in [0.1, 0.15) is 5.75 Å². The third-order valence-electron chi connectivity index (χ3n) is 1.89. The molecule has 0 spiro atoms. The predicted molar refractivity (Wildman–Crippen MR) is 56.4 cm³/mol. The van der Waals surface area contributed by atoms with Gasteiger partial charge in [0, 0.05) is 21.8 Å². The van der Waals surface area contributed by atoms with Gasteiger partial charge >= 0.3 is 0 Å². The van der Waals surface area contributed by atoms with Gasteiger partial charge in [-0.1, -0.05) is 12.1 Å². The van der Waals surface area contributed by atoms with Crippen LogP contribution in [0.15, 0.2) is 18.2 Å². The molecule has 0 radical (unpaired) electrons. The molecule has 16 heavy (non-hydrogen) atoms. The Balaban J connectivity index is 3.12. The van der Waals surface area contributed by atoms with E-state index >= 15 is 0 Å². The van der Waals surface area contributed by atoms with Crippen LogP contribution in [0.25, 0.3) is 0 Å². The van der Waals surface area contributed by atoms with Gasteiger partial charge in [-0.05, 0) is 6.07 Å². The van der Waals surface area contributed by atoms with Gasteiger partial charge in [0.2, 0.25) is 9.05 Å². The molecule has 0 atom stereocenters. The number of hydrogen-bond acceptors (Lipinski definition) is 3. The van der Waals surface area contributed by atoms with E-state index in [2.05, 4.69) is 0 Å². The Morgan fingerprint density at radius 1 is 1.44 bits per heavy atom. The van der Waals surface area contributed by atoms with Crippen molar-refractivity contribution in [1.29, 1.82) is 0 Å². The summed E-state index contributed by atoms with van der Waals surface area (Å²) in [7, 11) is 2.60. The van der Waals surface area contributed by atoms with Gasteiger partial charge in [0.15, 0.2) is 0 Å². The molecule has 0 saturated heterocycles. The number of hydrogen-bond donors (Lipinski definition) is 0. The third kappa shape index (κ3) is 3.61. The predicted octanol–water partition coefficient (Wildman–Crippen LogP) is 2.70. The molecule has 0 aliphatic rings. The van der Waals surface area contributed by atoms with E-state index in [1.54, 1.807) is 0 Å². The second-order valence-electron chi connectivity index (χ2n) is 3.06. The molecule has 7 heteroatoms. The molecule has 0 aliphatic carbocycles. The van der Waals surface area contributed by atoms with Gasteiger partial charge < -0.3 is 4.74 Å². The first-order valence-corrected chi connectivity index (χ1v) is 6.68. The van der Waals surface area contributed by atoms with Gasteiger partial charge in [0.05, 0.1) is 12.9 Å². The van der Waals surface area contributed by atoms with E-state index in [1.165, 1.54) is 13.2 Å². The van der Waals surface area contributed by atoms with Crippen molar-refractivity contribution in [2.45, 2.75) is 12.2 Å². The number of methoxy groups -OCH3 is 1. The molecular formula is C9H9ClF2O3S. The Morgan fingerprint density at radius 2 is 2.06 bits per heavy atom. The van der Waals surface area contributed by atoms with Crippen LogP contribution >= 0.6 is 10.7 Å². The van der Waals surface area contributed by atoms with Crippen LogP contribution in [0.5, 0.6) is 5.75 Å². The minimum atomic E-state index is -3.74. The van der Waals surface area contributed by atoms with Crippen LogP contribution < -0.4 is 4.74 Å². The Hall–Kier alpha value is -0.880. The molecule has 0 aromatic heterocycles. The Bertz CT molecular complexity index is 474. The third-order valence-corrected chi connectivity index (χ3v) is 2.87. The lowest BCUT2D eigenvalue weighted by Crippen LogP contribution is -1.99. The maximum absolute atomic E-state index is 12.4. The van der Waals surface area contributed by atoms with E-state index in [4.69, 9.17) is 15.4 Å². The number of benzene rings is 1. The second kappa shape index (κ2) is 4.97. The number of rotatable bonds is 4. The zero-order valence-corrected chi connectivity index (χ0v) is 9.86. The molecule has 0 fully saturated rings. The van der Waals surface area contributed by atoms with E-state index in [-0.39, 0.29) is 16.9 Å². The summed E-state index contributed by atoms with van der Waals surface area (Å²) < 4.78 is 51.2. The molecule has 0 N–H and O–H groups in total. The summed E-state index contributed by atoms with van der Waals surface area (Å²) >= 11 is 0. The van der Waals surface area contributed by atoms with Crippen molar-refractivity contribution in [2.75, 3.05) is 7.11 Å². The SMILES string of the molecule is COc1cc(C(F)F)ccc1CS(=O)(=O)Cl. The first-order valence-electron chi connectivity index (χ1n) is 4.21. The summed E-state index contributed by atoms with van der Waals surface area (Å²) in [4.78, 5) is 0. The quantitative estimate of drug-likeness (QED) is 0.790. The lowest BCUT2D eigenvalue weighted by Gasteiger charge is -2.09. The first kappa shape index (κ1) is 13.2. The molecule has 0 bridgehead atoms. The zero-order valence-electron chi connectivity index (χ0n) is 8.28. The minimum absolute atomic E-state index is 0.0852. The molecular weight excluding hydrogens is 262 g/mol. The topological polar surface area (TPSA) is 43.4 Å². The molecule has 0 amide bonds. The van der Waals surface area contributed by atoms with Crippen molar-refractivity contribution >= 4 is 19.7 Å². The van der Waals surface area contributed by atoms with Crippen molar-refractivity contribution in [1.82, 2.24) is 0 Å². The Kier molecular flexibility index (Phi) is 4.09. The average Bonchev–Trinajstić information content (AvgIpc) is 2.15. The van der Waals surface area contributed by atoms with Crippen molar-refractivity contribution in [3.63, 3.8) is 0 Å². The number of halogens is 3. The van der Waals surface area contributed by atoms with Gasteiger partial charge in [-0.15, -0.1) is 0 Å². The van der Waals surface area contributed by atoms with Crippen molar-refractivity contribution < 1.29 is 21.9 Å². The minimum Gasteiger partial charge on any atom is -0.496 e. The molecule has 0 unspecified atom stereocenters. The number of ether oxygens (including phenoxy) is 1. The van der Waals surface area contributed by atoms with Gasteiger partial charge in [0.25, 0.3) is 6.43 Å². The molecule has 0 saturated carbocycles. The fraction of sp³-hybridized carbons (Fsp3) is 0.333. The molecule has 1 aromatic carbocycles. The standard InChI is InChI=1S/C9H9ClF2O3S/c1-15-8-4-6(9(11)12)2-3-7(8)5-16(10,13)14/h2-4,9H,5H2,1H3. The Morgan fingerprint density at radius 3 is 2.50 bits per heavy atom. The van der Waals surface area contributed by atoms with Gasteiger partial charge in [-0.2, -0.15) is 0 Å². The van der Waals surface area contributed by atoms with Crippen molar-refractivity contribution in [3.8, 4) is 5.75 Å². The summed E-state index contributed by atoms with van der Waals surface area (Å²) in [6.45, 7) is 0. The van der Waals surface area contributed by atoms with Crippen LogP contribution in [0, 0.1) is 0 Å². The van der Waals surface area contributed by atoms with Crippen molar-refractivity contribution in [2.24, 2.45) is 0 Å². The first-order chi connectivity index (χ1) is 7.33. The lowest BCUT2D eigenvalue weighted by molar-refractivity contribution is 0.151. The van der Waals surface area contributed by atoms with Crippen LogP contribution in [0.3, 0.4) is 0 Å². The highest BCUT2D eigenvalue weighted by Gasteiger charge is 2.15. The molecule has 1 aromatic rings. The van der Waals surface area contributed by atoms with Crippen LogP contribution in [0.1, 0.15) is 17.6 Å². The molecule has 1 rings (SSSR count).